The van der Waals surface area contributed by atoms with E-state index in [0.717, 1.165) is 11.1 Å². The first-order chi connectivity index (χ1) is 10.5. The van der Waals surface area contributed by atoms with E-state index in [1.807, 2.05) is 42.5 Å². The van der Waals surface area contributed by atoms with Crippen molar-refractivity contribution in [3.63, 3.8) is 0 Å². The SMILES string of the molecule is CC(C)(C)c1ccc2o[nH]c(=O)c2c1OCc1ccccc1. The minimum atomic E-state index is -0.260. The molecule has 0 aliphatic rings. The first-order valence-electron chi connectivity index (χ1n) is 7.28. The number of aromatic nitrogens is 1. The summed E-state index contributed by atoms with van der Waals surface area (Å²) in [5.41, 5.74) is 2.16. The number of hydrogen-bond acceptors (Lipinski definition) is 3. The van der Waals surface area contributed by atoms with Crippen molar-refractivity contribution in [2.75, 3.05) is 0 Å². The van der Waals surface area contributed by atoms with Crippen LogP contribution in [0.4, 0.5) is 0 Å². The highest BCUT2D eigenvalue weighted by Gasteiger charge is 2.23. The molecule has 1 heterocycles. The zero-order valence-corrected chi connectivity index (χ0v) is 13.0. The predicted octanol–water partition coefficient (Wildman–Crippen LogP) is 4.00. The molecule has 0 atom stereocenters. The van der Waals surface area contributed by atoms with Crippen LogP contribution >= 0.6 is 0 Å². The van der Waals surface area contributed by atoms with Gasteiger partial charge in [0.15, 0.2) is 5.58 Å². The second-order valence-corrected chi connectivity index (χ2v) is 6.37. The fourth-order valence-electron chi connectivity index (χ4n) is 2.49. The second-order valence-electron chi connectivity index (χ2n) is 6.37. The molecule has 0 saturated carbocycles. The van der Waals surface area contributed by atoms with Gasteiger partial charge in [0.25, 0.3) is 5.56 Å². The topological polar surface area (TPSA) is 55.2 Å². The molecule has 22 heavy (non-hydrogen) atoms. The molecular weight excluding hydrogens is 278 g/mol. The standard InChI is InChI=1S/C18H19NO3/c1-18(2,3)13-9-10-14-15(17(20)19-22-14)16(13)21-11-12-7-5-4-6-8-12/h4-10H,11H2,1-3H3,(H,19,20). The van der Waals surface area contributed by atoms with Crippen molar-refractivity contribution >= 4 is 11.0 Å². The van der Waals surface area contributed by atoms with Crippen LogP contribution in [-0.2, 0) is 12.0 Å². The minimum Gasteiger partial charge on any atom is -0.488 e. The zero-order chi connectivity index (χ0) is 15.7. The molecule has 3 aromatic rings. The Hall–Kier alpha value is -2.49. The molecule has 0 fully saturated rings. The number of H-pyrrole nitrogens is 1. The Morgan fingerprint density at radius 3 is 2.50 bits per heavy atom. The average molecular weight is 297 g/mol. The maximum Gasteiger partial charge on any atom is 0.291 e. The van der Waals surface area contributed by atoms with Gasteiger partial charge in [-0.05, 0) is 17.0 Å². The van der Waals surface area contributed by atoms with Gasteiger partial charge in [-0.3, -0.25) is 4.79 Å². The summed E-state index contributed by atoms with van der Waals surface area (Å²) in [6.45, 7) is 6.70. The Morgan fingerprint density at radius 1 is 1.09 bits per heavy atom. The van der Waals surface area contributed by atoms with Gasteiger partial charge >= 0.3 is 0 Å². The molecule has 0 radical (unpaired) electrons. The minimum absolute atomic E-state index is 0.135. The smallest absolute Gasteiger partial charge is 0.291 e. The van der Waals surface area contributed by atoms with Crippen molar-refractivity contribution in [2.24, 2.45) is 0 Å². The van der Waals surface area contributed by atoms with Crippen LogP contribution in [0.15, 0.2) is 51.8 Å². The van der Waals surface area contributed by atoms with Gasteiger partial charge in [-0.25, -0.2) is 0 Å². The van der Waals surface area contributed by atoms with Crippen molar-refractivity contribution in [3.8, 4) is 5.75 Å². The van der Waals surface area contributed by atoms with Gasteiger partial charge in [-0.1, -0.05) is 57.2 Å². The van der Waals surface area contributed by atoms with E-state index >= 15 is 0 Å². The molecule has 0 amide bonds. The Kier molecular flexibility index (Phi) is 3.53. The van der Waals surface area contributed by atoms with Crippen LogP contribution in [0, 0.1) is 0 Å². The Labute approximate surface area is 128 Å². The van der Waals surface area contributed by atoms with Crippen LogP contribution in [0.25, 0.3) is 11.0 Å². The summed E-state index contributed by atoms with van der Waals surface area (Å²) in [6.07, 6.45) is 0. The third kappa shape index (κ3) is 2.64. The average Bonchev–Trinajstić information content (AvgIpc) is 2.87. The van der Waals surface area contributed by atoms with Crippen LogP contribution in [0.5, 0.6) is 5.75 Å². The van der Waals surface area contributed by atoms with Crippen molar-refractivity contribution < 1.29 is 9.26 Å². The third-order valence-electron chi connectivity index (χ3n) is 3.63. The van der Waals surface area contributed by atoms with E-state index in [2.05, 4.69) is 25.9 Å². The highest BCUT2D eigenvalue weighted by Crippen LogP contribution is 2.36. The van der Waals surface area contributed by atoms with Gasteiger partial charge in [0, 0.05) is 5.56 Å². The fraction of sp³-hybridized carbons (Fsp3) is 0.278. The number of ether oxygens (including phenoxy) is 1. The van der Waals surface area contributed by atoms with Gasteiger partial charge in [-0.15, -0.1) is 0 Å². The summed E-state index contributed by atoms with van der Waals surface area (Å²) in [4.78, 5) is 12.1. The van der Waals surface area contributed by atoms with Gasteiger partial charge < -0.3 is 9.26 Å². The summed E-state index contributed by atoms with van der Waals surface area (Å²) < 4.78 is 11.2. The monoisotopic (exact) mass is 297 g/mol. The summed E-state index contributed by atoms with van der Waals surface area (Å²) in [6, 6.07) is 13.7. The Balaban J connectivity index is 2.08. The molecule has 114 valence electrons. The molecule has 0 spiro atoms. The number of hydrogen-bond donors (Lipinski definition) is 1. The molecule has 3 rings (SSSR count). The van der Waals surface area contributed by atoms with Crippen LogP contribution in [0.1, 0.15) is 31.9 Å². The largest absolute Gasteiger partial charge is 0.488 e. The molecule has 0 saturated heterocycles. The van der Waals surface area contributed by atoms with Gasteiger partial charge in [-0.2, -0.15) is 5.16 Å². The first kappa shape index (κ1) is 14.4. The van der Waals surface area contributed by atoms with E-state index in [1.165, 1.54) is 0 Å². The van der Waals surface area contributed by atoms with Crippen LogP contribution in [0.3, 0.4) is 0 Å². The maximum atomic E-state index is 12.1. The Morgan fingerprint density at radius 2 is 1.82 bits per heavy atom. The molecule has 0 aliphatic heterocycles. The van der Waals surface area contributed by atoms with Crippen molar-refractivity contribution in [1.29, 1.82) is 0 Å². The van der Waals surface area contributed by atoms with E-state index < -0.39 is 0 Å². The molecular formula is C18H19NO3. The molecule has 2 aromatic carbocycles. The lowest BCUT2D eigenvalue weighted by Crippen LogP contribution is -2.15. The van der Waals surface area contributed by atoms with E-state index in [-0.39, 0.29) is 11.0 Å². The van der Waals surface area contributed by atoms with Crippen molar-refractivity contribution in [2.45, 2.75) is 32.8 Å². The summed E-state index contributed by atoms with van der Waals surface area (Å²) >= 11 is 0. The summed E-state index contributed by atoms with van der Waals surface area (Å²) in [7, 11) is 0. The quantitative estimate of drug-likeness (QED) is 0.795. The maximum absolute atomic E-state index is 12.1. The third-order valence-corrected chi connectivity index (χ3v) is 3.63. The number of nitrogens with one attached hydrogen (secondary N) is 1. The van der Waals surface area contributed by atoms with Crippen molar-refractivity contribution in [1.82, 2.24) is 5.16 Å². The first-order valence-corrected chi connectivity index (χ1v) is 7.28. The number of benzene rings is 2. The van der Waals surface area contributed by atoms with Gasteiger partial charge in [0.05, 0.1) is 0 Å². The molecule has 0 unspecified atom stereocenters. The molecule has 4 heteroatoms. The number of aromatic amines is 1. The lowest BCUT2D eigenvalue weighted by Gasteiger charge is -2.23. The highest BCUT2D eigenvalue weighted by atomic mass is 16.5. The molecule has 1 N–H and O–H groups in total. The fourth-order valence-corrected chi connectivity index (χ4v) is 2.49. The number of rotatable bonds is 3. The normalized spacial score (nSPS) is 11.8. The molecule has 1 aromatic heterocycles. The van der Waals surface area contributed by atoms with Gasteiger partial charge in [0.1, 0.15) is 17.7 Å². The van der Waals surface area contributed by atoms with E-state index in [0.29, 0.717) is 23.3 Å². The van der Waals surface area contributed by atoms with E-state index in [1.54, 1.807) is 0 Å². The van der Waals surface area contributed by atoms with Crippen LogP contribution in [-0.4, -0.2) is 5.16 Å². The van der Waals surface area contributed by atoms with Crippen LogP contribution in [0.2, 0.25) is 0 Å². The predicted molar refractivity (Wildman–Crippen MR) is 86.3 cm³/mol. The summed E-state index contributed by atoms with van der Waals surface area (Å²) in [5.74, 6) is 0.601. The molecule has 0 aliphatic carbocycles. The molecule has 4 nitrogen and oxygen atoms in total. The second kappa shape index (κ2) is 5.37. The zero-order valence-electron chi connectivity index (χ0n) is 13.0. The number of fused-ring (bicyclic) bond motifs is 1. The lowest BCUT2D eigenvalue weighted by molar-refractivity contribution is 0.301. The van der Waals surface area contributed by atoms with Gasteiger partial charge in [0.2, 0.25) is 0 Å². The summed E-state index contributed by atoms with van der Waals surface area (Å²) in [5, 5.41) is 2.86. The highest BCUT2D eigenvalue weighted by molar-refractivity contribution is 5.84. The van der Waals surface area contributed by atoms with E-state index in [4.69, 9.17) is 9.26 Å². The lowest BCUT2D eigenvalue weighted by atomic mass is 9.85. The van der Waals surface area contributed by atoms with E-state index in [9.17, 15) is 4.79 Å². The van der Waals surface area contributed by atoms with Crippen LogP contribution < -0.4 is 10.3 Å². The Bertz CT molecular complexity index is 838. The van der Waals surface area contributed by atoms with Crippen molar-refractivity contribution in [3.05, 3.63) is 63.9 Å². The molecule has 0 bridgehead atoms.